The molecule has 2 heterocycles. The van der Waals surface area contributed by atoms with Gasteiger partial charge in [-0.25, -0.2) is 8.42 Å². The van der Waals surface area contributed by atoms with Crippen molar-refractivity contribution < 1.29 is 40.3 Å². The second-order valence-electron chi connectivity index (χ2n) is 8.52. The van der Waals surface area contributed by atoms with Crippen LogP contribution in [0.5, 0.6) is 0 Å². The third kappa shape index (κ3) is 5.32. The molecule has 35 heavy (non-hydrogen) atoms. The van der Waals surface area contributed by atoms with E-state index < -0.39 is 45.5 Å². The molecule has 2 aromatic rings. The maximum atomic E-state index is 13.3. The van der Waals surface area contributed by atoms with Crippen molar-refractivity contribution in [2.24, 2.45) is 0 Å². The maximum Gasteiger partial charge on any atom is 0.453 e. The molecule has 1 fully saturated rings. The first-order chi connectivity index (χ1) is 16.2. The van der Waals surface area contributed by atoms with Crippen LogP contribution in [0, 0.1) is 0 Å². The standard InChI is InChI=1S/C23H25F5N2O4S/c1-2-30-13-11-21(12-14-30,20(31)32)35(33,34)18-6-4-17(5-7-18)19-8-3-16(15-29-19)9-10-22(24,25)23(26,27)28/h3-8,15H,2,9-14H2,1H3,(H,31,32). The molecule has 0 unspecified atom stereocenters. The lowest BCUT2D eigenvalue weighted by molar-refractivity contribution is -0.284. The minimum Gasteiger partial charge on any atom is -0.480 e. The summed E-state index contributed by atoms with van der Waals surface area (Å²) in [7, 11) is -4.20. The molecule has 0 saturated carbocycles. The van der Waals surface area contributed by atoms with Crippen molar-refractivity contribution in [2.45, 2.75) is 54.3 Å². The van der Waals surface area contributed by atoms with E-state index in [4.69, 9.17) is 0 Å². The molecule has 0 atom stereocenters. The molecular formula is C23H25F5N2O4S. The van der Waals surface area contributed by atoms with E-state index in [1.54, 1.807) is 0 Å². The predicted molar refractivity (Wildman–Crippen MR) is 118 cm³/mol. The maximum absolute atomic E-state index is 13.3. The number of carboxylic acids is 1. The first-order valence-electron chi connectivity index (χ1n) is 10.9. The summed E-state index contributed by atoms with van der Waals surface area (Å²) >= 11 is 0. The number of aryl methyl sites for hydroxylation is 1. The zero-order valence-corrected chi connectivity index (χ0v) is 19.7. The highest BCUT2D eigenvalue weighted by Gasteiger charge is 2.56. The monoisotopic (exact) mass is 520 g/mol. The van der Waals surface area contributed by atoms with E-state index in [1.807, 2.05) is 11.8 Å². The van der Waals surface area contributed by atoms with Gasteiger partial charge in [-0.1, -0.05) is 25.1 Å². The lowest BCUT2D eigenvalue weighted by Crippen LogP contribution is -2.54. The highest BCUT2D eigenvalue weighted by molar-refractivity contribution is 7.93. The third-order valence-electron chi connectivity index (χ3n) is 6.44. The average molecular weight is 521 g/mol. The molecule has 0 aliphatic carbocycles. The number of hydrogen-bond donors (Lipinski definition) is 1. The topological polar surface area (TPSA) is 87.6 Å². The van der Waals surface area contributed by atoms with Gasteiger partial charge >= 0.3 is 18.1 Å². The molecule has 3 rings (SSSR count). The van der Waals surface area contributed by atoms with Crippen molar-refractivity contribution in [3.8, 4) is 11.3 Å². The molecule has 192 valence electrons. The Morgan fingerprint density at radius 1 is 1.06 bits per heavy atom. The number of rotatable bonds is 8. The fourth-order valence-electron chi connectivity index (χ4n) is 4.04. The molecule has 12 heteroatoms. The number of piperidine rings is 1. The SMILES string of the molecule is CCN1CCC(C(=O)O)(S(=O)(=O)c2ccc(-c3ccc(CCC(F)(F)C(F)(F)F)cn3)cc2)CC1. The summed E-state index contributed by atoms with van der Waals surface area (Å²) in [5.41, 5.74) is 1.02. The minimum absolute atomic E-state index is 0.0311. The molecule has 0 spiro atoms. The van der Waals surface area contributed by atoms with Gasteiger partial charge in [0.05, 0.1) is 10.6 Å². The second-order valence-corrected chi connectivity index (χ2v) is 10.8. The number of sulfone groups is 1. The Hall–Kier alpha value is -2.60. The summed E-state index contributed by atoms with van der Waals surface area (Å²) < 4.78 is 87.9. The molecule has 1 aromatic heterocycles. The quantitative estimate of drug-likeness (QED) is 0.513. The zero-order chi connectivity index (χ0) is 26.1. The number of halogens is 5. The Balaban J connectivity index is 1.77. The Morgan fingerprint density at radius 3 is 2.11 bits per heavy atom. The van der Waals surface area contributed by atoms with Crippen molar-refractivity contribution in [1.29, 1.82) is 0 Å². The molecule has 6 nitrogen and oxygen atoms in total. The summed E-state index contributed by atoms with van der Waals surface area (Å²) in [5.74, 6) is -6.18. The van der Waals surface area contributed by atoms with Crippen LogP contribution in [0.3, 0.4) is 0 Å². The van der Waals surface area contributed by atoms with Crippen LogP contribution in [-0.4, -0.2) is 65.9 Å². The van der Waals surface area contributed by atoms with Crippen molar-refractivity contribution in [3.05, 3.63) is 48.2 Å². The van der Waals surface area contributed by atoms with Gasteiger partial charge in [-0.2, -0.15) is 22.0 Å². The number of aromatic nitrogens is 1. The number of benzene rings is 1. The zero-order valence-electron chi connectivity index (χ0n) is 18.9. The molecule has 0 radical (unpaired) electrons. The fourth-order valence-corrected chi connectivity index (χ4v) is 5.94. The van der Waals surface area contributed by atoms with E-state index in [2.05, 4.69) is 4.98 Å². The van der Waals surface area contributed by atoms with Crippen LogP contribution < -0.4 is 0 Å². The van der Waals surface area contributed by atoms with E-state index in [9.17, 15) is 40.3 Å². The van der Waals surface area contributed by atoms with Crippen LogP contribution in [0.15, 0.2) is 47.5 Å². The first-order valence-corrected chi connectivity index (χ1v) is 12.4. The average Bonchev–Trinajstić information content (AvgIpc) is 2.82. The molecule has 1 N–H and O–H groups in total. The van der Waals surface area contributed by atoms with Crippen molar-refractivity contribution in [1.82, 2.24) is 9.88 Å². The van der Waals surface area contributed by atoms with Gasteiger partial charge in [0.15, 0.2) is 14.6 Å². The number of aliphatic carboxylic acids is 1. The highest BCUT2D eigenvalue weighted by Crippen LogP contribution is 2.39. The largest absolute Gasteiger partial charge is 0.480 e. The number of hydrogen-bond acceptors (Lipinski definition) is 5. The second kappa shape index (κ2) is 9.81. The minimum atomic E-state index is -5.62. The van der Waals surface area contributed by atoms with E-state index in [1.165, 1.54) is 42.6 Å². The van der Waals surface area contributed by atoms with Crippen LogP contribution in [0.1, 0.15) is 31.7 Å². The van der Waals surface area contributed by atoms with Crippen molar-refractivity contribution >= 4 is 15.8 Å². The van der Waals surface area contributed by atoms with Crippen LogP contribution in [0.4, 0.5) is 22.0 Å². The Bertz CT molecular complexity index is 1140. The summed E-state index contributed by atoms with van der Waals surface area (Å²) in [6, 6.07) is 8.29. The van der Waals surface area contributed by atoms with Gasteiger partial charge in [0, 0.05) is 31.3 Å². The Kier molecular flexibility index (Phi) is 7.56. The van der Waals surface area contributed by atoms with Gasteiger partial charge in [0.2, 0.25) is 0 Å². The van der Waals surface area contributed by atoms with Gasteiger partial charge in [0.25, 0.3) is 0 Å². The van der Waals surface area contributed by atoms with E-state index in [0.29, 0.717) is 30.9 Å². The fraction of sp³-hybridized carbons (Fsp3) is 0.478. The van der Waals surface area contributed by atoms with Crippen LogP contribution in [0.2, 0.25) is 0 Å². The molecule has 0 amide bonds. The van der Waals surface area contributed by atoms with Gasteiger partial charge in [-0.3, -0.25) is 9.78 Å². The number of carboxylic acid groups (broad SMARTS) is 1. The summed E-state index contributed by atoms with van der Waals surface area (Å²) in [4.78, 5) is 18.0. The van der Waals surface area contributed by atoms with Crippen LogP contribution in [0.25, 0.3) is 11.3 Å². The van der Waals surface area contributed by atoms with Gasteiger partial charge < -0.3 is 10.0 Å². The number of alkyl halides is 5. The van der Waals surface area contributed by atoms with E-state index in [0.717, 1.165) is 0 Å². The predicted octanol–water partition coefficient (Wildman–Crippen LogP) is 4.59. The van der Waals surface area contributed by atoms with Gasteiger partial charge in [-0.15, -0.1) is 0 Å². The summed E-state index contributed by atoms with van der Waals surface area (Å²) in [5, 5.41) is 9.82. The third-order valence-corrected chi connectivity index (χ3v) is 8.95. The van der Waals surface area contributed by atoms with E-state index in [-0.39, 0.29) is 23.3 Å². The molecule has 0 bridgehead atoms. The van der Waals surface area contributed by atoms with Crippen molar-refractivity contribution in [3.63, 3.8) is 0 Å². The highest BCUT2D eigenvalue weighted by atomic mass is 32.2. The number of carbonyl (C=O) groups is 1. The van der Waals surface area contributed by atoms with Crippen LogP contribution >= 0.6 is 0 Å². The smallest absolute Gasteiger partial charge is 0.453 e. The molecule has 1 saturated heterocycles. The lowest BCUT2D eigenvalue weighted by Gasteiger charge is -2.37. The number of likely N-dealkylation sites (tertiary alicyclic amines) is 1. The molecular weight excluding hydrogens is 495 g/mol. The van der Waals surface area contributed by atoms with Crippen molar-refractivity contribution in [2.75, 3.05) is 19.6 Å². The Morgan fingerprint density at radius 2 is 1.66 bits per heavy atom. The molecule has 1 aliphatic rings. The first kappa shape index (κ1) is 27.0. The normalized spacial score (nSPS) is 17.3. The molecule has 1 aromatic carbocycles. The number of nitrogens with zero attached hydrogens (tertiary/aromatic N) is 2. The van der Waals surface area contributed by atoms with E-state index >= 15 is 0 Å². The van der Waals surface area contributed by atoms with Gasteiger partial charge in [0.1, 0.15) is 0 Å². The van der Waals surface area contributed by atoms with Crippen LogP contribution in [-0.2, 0) is 21.1 Å². The summed E-state index contributed by atoms with van der Waals surface area (Å²) in [6.07, 6.45) is -6.41. The summed E-state index contributed by atoms with van der Waals surface area (Å²) in [6.45, 7) is 3.32. The molecule has 1 aliphatic heterocycles. The Labute approximate surface area is 199 Å². The van der Waals surface area contributed by atoms with Gasteiger partial charge in [-0.05, 0) is 49.6 Å². The number of pyridine rings is 1. The lowest BCUT2D eigenvalue weighted by atomic mass is 9.96.